The lowest BCUT2D eigenvalue weighted by atomic mass is 10.1. The van der Waals surface area contributed by atoms with E-state index in [4.69, 9.17) is 4.74 Å². The van der Waals surface area contributed by atoms with E-state index >= 15 is 0 Å². The van der Waals surface area contributed by atoms with Gasteiger partial charge in [-0.3, -0.25) is 0 Å². The number of amides is 1. The van der Waals surface area contributed by atoms with E-state index in [2.05, 4.69) is 36.6 Å². The summed E-state index contributed by atoms with van der Waals surface area (Å²) >= 11 is 0. The molecule has 0 bridgehead atoms. The van der Waals surface area contributed by atoms with Crippen molar-refractivity contribution in [2.75, 3.05) is 6.54 Å². The number of hydrogen-bond acceptors (Lipinski definition) is 3. The van der Waals surface area contributed by atoms with E-state index < -0.39 is 5.60 Å². The van der Waals surface area contributed by atoms with Crippen LogP contribution in [0.4, 0.5) is 4.79 Å². The van der Waals surface area contributed by atoms with E-state index in [1.807, 2.05) is 39.0 Å². The molecule has 0 saturated heterocycles. The van der Waals surface area contributed by atoms with Gasteiger partial charge < -0.3 is 15.4 Å². The van der Waals surface area contributed by atoms with Crippen LogP contribution < -0.4 is 10.6 Å². The fraction of sp³-hybridized carbons (Fsp3) is 0.588. The average molecular weight is 292 g/mol. The minimum absolute atomic E-state index is 0.0611. The van der Waals surface area contributed by atoms with E-state index in [9.17, 15) is 4.79 Å². The largest absolute Gasteiger partial charge is 0.444 e. The maximum Gasteiger partial charge on any atom is 0.407 e. The standard InChI is InChI=1S/C17H28N2O2/c1-6-15(19-16(20)21-17(3,4)5)12-18-13(2)14-10-8-7-9-11-14/h7-11,13,15,18H,6,12H2,1-5H3,(H,19,20). The van der Waals surface area contributed by atoms with Gasteiger partial charge in [-0.15, -0.1) is 0 Å². The molecule has 0 spiro atoms. The number of ether oxygens (including phenoxy) is 1. The quantitative estimate of drug-likeness (QED) is 0.841. The molecule has 0 aliphatic heterocycles. The Kier molecular flexibility index (Phi) is 6.69. The summed E-state index contributed by atoms with van der Waals surface area (Å²) in [6.07, 6.45) is 0.497. The van der Waals surface area contributed by atoms with E-state index in [0.29, 0.717) is 6.54 Å². The summed E-state index contributed by atoms with van der Waals surface area (Å²) in [5.74, 6) is 0. The molecule has 0 fully saturated rings. The van der Waals surface area contributed by atoms with Crippen LogP contribution >= 0.6 is 0 Å². The van der Waals surface area contributed by atoms with Crippen molar-refractivity contribution >= 4 is 6.09 Å². The lowest BCUT2D eigenvalue weighted by Crippen LogP contribution is -2.44. The Bertz CT molecular complexity index is 426. The SMILES string of the molecule is CCC(CNC(C)c1ccccc1)NC(=O)OC(C)(C)C. The van der Waals surface area contributed by atoms with Crippen LogP contribution in [0.15, 0.2) is 30.3 Å². The van der Waals surface area contributed by atoms with Gasteiger partial charge in [0.2, 0.25) is 0 Å². The van der Waals surface area contributed by atoms with Gasteiger partial charge in [-0.05, 0) is 39.7 Å². The summed E-state index contributed by atoms with van der Waals surface area (Å²) in [7, 11) is 0. The monoisotopic (exact) mass is 292 g/mol. The van der Waals surface area contributed by atoms with Crippen molar-refractivity contribution in [1.82, 2.24) is 10.6 Å². The van der Waals surface area contributed by atoms with Crippen molar-refractivity contribution in [1.29, 1.82) is 0 Å². The molecule has 0 radical (unpaired) electrons. The molecule has 0 aromatic heterocycles. The van der Waals surface area contributed by atoms with Crippen molar-refractivity contribution in [3.63, 3.8) is 0 Å². The van der Waals surface area contributed by atoms with Gasteiger partial charge in [0.25, 0.3) is 0 Å². The first-order valence-corrected chi connectivity index (χ1v) is 7.59. The Hall–Kier alpha value is -1.55. The van der Waals surface area contributed by atoms with Crippen molar-refractivity contribution in [2.24, 2.45) is 0 Å². The summed E-state index contributed by atoms with van der Waals surface area (Å²) in [6.45, 7) is 10.5. The molecule has 4 heteroatoms. The molecule has 1 aromatic rings. The molecule has 1 amide bonds. The Morgan fingerprint density at radius 2 is 1.86 bits per heavy atom. The zero-order chi connectivity index (χ0) is 15.9. The molecule has 0 aliphatic rings. The highest BCUT2D eigenvalue weighted by molar-refractivity contribution is 5.68. The molecule has 1 aromatic carbocycles. The van der Waals surface area contributed by atoms with E-state index in [-0.39, 0.29) is 18.2 Å². The first-order chi connectivity index (χ1) is 9.81. The Morgan fingerprint density at radius 1 is 1.24 bits per heavy atom. The number of hydrogen-bond donors (Lipinski definition) is 2. The molecule has 0 aliphatic carbocycles. The molecule has 2 atom stereocenters. The average Bonchev–Trinajstić information content (AvgIpc) is 2.42. The zero-order valence-electron chi connectivity index (χ0n) is 13.8. The van der Waals surface area contributed by atoms with E-state index in [0.717, 1.165) is 6.42 Å². The summed E-state index contributed by atoms with van der Waals surface area (Å²) < 4.78 is 5.28. The smallest absolute Gasteiger partial charge is 0.407 e. The molecule has 2 unspecified atom stereocenters. The summed E-state index contributed by atoms with van der Waals surface area (Å²) in [5, 5.41) is 6.35. The molecular formula is C17H28N2O2. The number of rotatable bonds is 6. The Balaban J connectivity index is 2.42. The van der Waals surface area contributed by atoms with Gasteiger partial charge in [0.05, 0.1) is 0 Å². The number of benzene rings is 1. The predicted octanol–water partition coefficient (Wildman–Crippen LogP) is 3.64. The first-order valence-electron chi connectivity index (χ1n) is 7.59. The topological polar surface area (TPSA) is 50.4 Å². The van der Waals surface area contributed by atoms with Gasteiger partial charge in [-0.25, -0.2) is 4.79 Å². The van der Waals surface area contributed by atoms with Gasteiger partial charge >= 0.3 is 6.09 Å². The minimum Gasteiger partial charge on any atom is -0.444 e. The summed E-state index contributed by atoms with van der Waals surface area (Å²) in [5.41, 5.74) is 0.775. The third-order valence-corrected chi connectivity index (χ3v) is 3.18. The van der Waals surface area contributed by atoms with Crippen LogP contribution in [-0.4, -0.2) is 24.3 Å². The lowest BCUT2D eigenvalue weighted by molar-refractivity contribution is 0.0502. The predicted molar refractivity (Wildman–Crippen MR) is 86.3 cm³/mol. The molecule has 4 nitrogen and oxygen atoms in total. The highest BCUT2D eigenvalue weighted by atomic mass is 16.6. The van der Waals surface area contributed by atoms with Crippen LogP contribution in [-0.2, 0) is 4.74 Å². The molecule has 118 valence electrons. The minimum atomic E-state index is -0.465. The van der Waals surface area contributed by atoms with Gasteiger partial charge in [0.1, 0.15) is 5.60 Å². The number of carbonyl (C=O) groups excluding carboxylic acids is 1. The van der Waals surface area contributed by atoms with Gasteiger partial charge in [0, 0.05) is 18.6 Å². The maximum atomic E-state index is 11.8. The van der Waals surface area contributed by atoms with Gasteiger partial charge in [-0.2, -0.15) is 0 Å². The number of carbonyl (C=O) groups is 1. The maximum absolute atomic E-state index is 11.8. The second kappa shape index (κ2) is 8.03. The van der Waals surface area contributed by atoms with Crippen molar-refractivity contribution in [3.05, 3.63) is 35.9 Å². The van der Waals surface area contributed by atoms with E-state index in [1.165, 1.54) is 5.56 Å². The fourth-order valence-electron chi connectivity index (χ4n) is 1.95. The molecule has 0 heterocycles. The van der Waals surface area contributed by atoms with Gasteiger partial charge in [-0.1, -0.05) is 37.3 Å². The number of alkyl carbamates (subject to hydrolysis) is 1. The first kappa shape index (κ1) is 17.5. The second-order valence-electron chi connectivity index (χ2n) is 6.29. The van der Waals surface area contributed by atoms with Crippen LogP contribution in [0.2, 0.25) is 0 Å². The van der Waals surface area contributed by atoms with Gasteiger partial charge in [0.15, 0.2) is 0 Å². The van der Waals surface area contributed by atoms with Crippen LogP contribution in [0.3, 0.4) is 0 Å². The second-order valence-corrected chi connectivity index (χ2v) is 6.29. The summed E-state index contributed by atoms with van der Waals surface area (Å²) in [4.78, 5) is 11.8. The third-order valence-electron chi connectivity index (χ3n) is 3.18. The molecule has 2 N–H and O–H groups in total. The lowest BCUT2D eigenvalue weighted by Gasteiger charge is -2.24. The fourth-order valence-corrected chi connectivity index (χ4v) is 1.95. The Labute approximate surface area is 128 Å². The molecule has 1 rings (SSSR count). The van der Waals surface area contributed by atoms with E-state index in [1.54, 1.807) is 0 Å². The van der Waals surface area contributed by atoms with Crippen LogP contribution in [0.25, 0.3) is 0 Å². The van der Waals surface area contributed by atoms with Crippen molar-refractivity contribution in [2.45, 2.75) is 58.7 Å². The van der Waals surface area contributed by atoms with Crippen molar-refractivity contribution in [3.8, 4) is 0 Å². The Morgan fingerprint density at radius 3 is 2.38 bits per heavy atom. The van der Waals surface area contributed by atoms with Crippen LogP contribution in [0.1, 0.15) is 52.6 Å². The van der Waals surface area contributed by atoms with Crippen LogP contribution in [0, 0.1) is 0 Å². The molecular weight excluding hydrogens is 264 g/mol. The highest BCUT2D eigenvalue weighted by Crippen LogP contribution is 2.11. The van der Waals surface area contributed by atoms with Crippen LogP contribution in [0.5, 0.6) is 0 Å². The van der Waals surface area contributed by atoms with Crippen molar-refractivity contribution < 1.29 is 9.53 Å². The molecule has 21 heavy (non-hydrogen) atoms. The third kappa shape index (κ3) is 7.14. The molecule has 0 saturated carbocycles. The number of nitrogens with one attached hydrogen (secondary N) is 2. The normalized spacial score (nSPS) is 14.3. The summed E-state index contributed by atoms with van der Waals surface area (Å²) in [6, 6.07) is 10.6. The zero-order valence-corrected chi connectivity index (χ0v) is 13.8. The highest BCUT2D eigenvalue weighted by Gasteiger charge is 2.19.